The summed E-state index contributed by atoms with van der Waals surface area (Å²) in [5.41, 5.74) is 1.82. The molecule has 6 heteroatoms. The summed E-state index contributed by atoms with van der Waals surface area (Å²) in [6, 6.07) is 6.08. The molecule has 0 saturated carbocycles. The lowest BCUT2D eigenvalue weighted by atomic mass is 9.87. The molecule has 1 aromatic carbocycles. The zero-order chi connectivity index (χ0) is 18.6. The highest BCUT2D eigenvalue weighted by Crippen LogP contribution is 2.31. The lowest BCUT2D eigenvalue weighted by Crippen LogP contribution is -2.49. The van der Waals surface area contributed by atoms with Gasteiger partial charge in [0, 0.05) is 26.1 Å². The molecule has 142 valence electrons. The molecule has 0 aliphatic carbocycles. The second-order valence-electron chi connectivity index (χ2n) is 7.24. The first-order valence-electron chi connectivity index (χ1n) is 9.33. The summed E-state index contributed by atoms with van der Waals surface area (Å²) in [4.78, 5) is 26.3. The predicted molar refractivity (Wildman–Crippen MR) is 98.2 cm³/mol. The maximum absolute atomic E-state index is 12.6. The van der Waals surface area contributed by atoms with Crippen LogP contribution in [0, 0.1) is 6.92 Å². The monoisotopic (exact) mass is 360 g/mol. The van der Waals surface area contributed by atoms with Crippen LogP contribution in [0.15, 0.2) is 18.2 Å². The van der Waals surface area contributed by atoms with Crippen molar-refractivity contribution >= 4 is 11.8 Å². The molecule has 3 rings (SSSR count). The van der Waals surface area contributed by atoms with Gasteiger partial charge in [-0.05, 0) is 43.4 Å². The fourth-order valence-electron chi connectivity index (χ4n) is 3.78. The second kappa shape index (κ2) is 8.08. The number of hydrogen-bond donors (Lipinski definition) is 1. The van der Waals surface area contributed by atoms with Gasteiger partial charge in [-0.25, -0.2) is 0 Å². The van der Waals surface area contributed by atoms with Crippen LogP contribution in [0.4, 0.5) is 0 Å². The van der Waals surface area contributed by atoms with Gasteiger partial charge in [0.25, 0.3) is 0 Å². The van der Waals surface area contributed by atoms with E-state index in [2.05, 4.69) is 5.32 Å². The maximum Gasteiger partial charge on any atom is 0.222 e. The molecule has 2 saturated heterocycles. The first-order chi connectivity index (χ1) is 12.5. The van der Waals surface area contributed by atoms with Gasteiger partial charge in [-0.1, -0.05) is 12.1 Å². The number of piperidine rings is 1. The van der Waals surface area contributed by atoms with Gasteiger partial charge in [-0.2, -0.15) is 0 Å². The van der Waals surface area contributed by atoms with Crippen molar-refractivity contribution in [3.05, 3.63) is 29.3 Å². The molecule has 0 bridgehead atoms. The maximum atomic E-state index is 12.6. The van der Waals surface area contributed by atoms with Gasteiger partial charge in [0.15, 0.2) is 0 Å². The summed E-state index contributed by atoms with van der Waals surface area (Å²) in [5.74, 6) is 1.08. The number of carbonyl (C=O) groups excluding carboxylic acids is 2. The Bertz CT molecular complexity index is 666. The predicted octanol–water partition coefficient (Wildman–Crippen LogP) is 1.83. The number of likely N-dealkylation sites (tertiary alicyclic amines) is 1. The summed E-state index contributed by atoms with van der Waals surface area (Å²) in [6.07, 6.45) is 3.05. The molecular formula is C20H28N2O4. The van der Waals surface area contributed by atoms with E-state index in [4.69, 9.17) is 9.47 Å². The Morgan fingerprint density at radius 2 is 2.12 bits per heavy atom. The Balaban J connectivity index is 1.51. The van der Waals surface area contributed by atoms with E-state index in [1.807, 2.05) is 30.0 Å². The average molecular weight is 360 g/mol. The minimum Gasteiger partial charge on any atom is -0.496 e. The number of ether oxygens (including phenoxy) is 2. The summed E-state index contributed by atoms with van der Waals surface area (Å²) in [6.45, 7) is 4.44. The first-order valence-corrected chi connectivity index (χ1v) is 9.33. The van der Waals surface area contributed by atoms with E-state index in [0.717, 1.165) is 29.7 Å². The second-order valence-corrected chi connectivity index (χ2v) is 7.24. The van der Waals surface area contributed by atoms with E-state index in [1.165, 1.54) is 0 Å². The van der Waals surface area contributed by atoms with E-state index in [1.54, 1.807) is 7.11 Å². The molecule has 0 unspecified atom stereocenters. The highest BCUT2D eigenvalue weighted by molar-refractivity contribution is 5.78. The molecular weight excluding hydrogens is 332 g/mol. The summed E-state index contributed by atoms with van der Waals surface area (Å²) >= 11 is 0. The fourth-order valence-corrected chi connectivity index (χ4v) is 3.78. The largest absolute Gasteiger partial charge is 0.496 e. The highest BCUT2D eigenvalue weighted by atomic mass is 16.5. The Morgan fingerprint density at radius 1 is 1.35 bits per heavy atom. The number of hydrogen-bond acceptors (Lipinski definition) is 4. The molecule has 0 radical (unpaired) electrons. The van der Waals surface area contributed by atoms with Crippen LogP contribution in [-0.2, 0) is 20.7 Å². The quantitative estimate of drug-likeness (QED) is 0.890. The third-order valence-electron chi connectivity index (χ3n) is 5.44. The van der Waals surface area contributed by atoms with E-state index < -0.39 is 0 Å². The van der Waals surface area contributed by atoms with Crippen LogP contribution in [0.5, 0.6) is 5.75 Å². The van der Waals surface area contributed by atoms with Crippen LogP contribution in [0.2, 0.25) is 0 Å². The van der Waals surface area contributed by atoms with Crippen molar-refractivity contribution in [2.24, 2.45) is 0 Å². The smallest absolute Gasteiger partial charge is 0.222 e. The van der Waals surface area contributed by atoms with Gasteiger partial charge < -0.3 is 19.7 Å². The number of benzene rings is 1. The fraction of sp³-hybridized carbons (Fsp3) is 0.600. The normalized spacial score (nSPS) is 19.8. The number of nitrogens with one attached hydrogen (secondary N) is 1. The number of nitrogens with zero attached hydrogens (tertiary/aromatic N) is 1. The van der Waals surface area contributed by atoms with Crippen LogP contribution in [0.1, 0.15) is 36.8 Å². The van der Waals surface area contributed by atoms with Crippen LogP contribution in [0.25, 0.3) is 0 Å². The molecule has 2 fully saturated rings. The first kappa shape index (κ1) is 18.7. The number of rotatable bonds is 4. The number of amides is 2. The molecule has 2 heterocycles. The molecule has 2 aliphatic heterocycles. The van der Waals surface area contributed by atoms with Crippen molar-refractivity contribution in [3.63, 3.8) is 0 Å². The zero-order valence-electron chi connectivity index (χ0n) is 15.7. The van der Waals surface area contributed by atoms with Crippen LogP contribution >= 0.6 is 0 Å². The standard InChI is InChI=1S/C20H28N2O4/c1-15-3-4-16(13-17(15)25-2)5-6-19(24)22-10-7-20(8-11-22)14-18(23)21-9-12-26-20/h3-4,13H,5-12,14H2,1-2H3,(H,21,23). The van der Waals surface area contributed by atoms with E-state index in [0.29, 0.717) is 45.5 Å². The lowest BCUT2D eigenvalue weighted by molar-refractivity contribution is -0.140. The summed E-state index contributed by atoms with van der Waals surface area (Å²) in [7, 11) is 1.66. The average Bonchev–Trinajstić information content (AvgIpc) is 2.82. The minimum absolute atomic E-state index is 0.0515. The number of carbonyl (C=O) groups is 2. The zero-order valence-corrected chi connectivity index (χ0v) is 15.7. The number of aryl methyl sites for hydroxylation is 2. The van der Waals surface area contributed by atoms with Gasteiger partial charge in [-0.3, -0.25) is 9.59 Å². The Labute approximate surface area is 154 Å². The van der Waals surface area contributed by atoms with Crippen LogP contribution in [0.3, 0.4) is 0 Å². The molecule has 0 aromatic heterocycles. The molecule has 1 aromatic rings. The topological polar surface area (TPSA) is 67.9 Å². The third-order valence-corrected chi connectivity index (χ3v) is 5.44. The molecule has 0 atom stereocenters. The summed E-state index contributed by atoms with van der Waals surface area (Å²) in [5, 5.41) is 2.85. The minimum atomic E-state index is -0.387. The SMILES string of the molecule is COc1cc(CCC(=O)N2CCC3(CC2)CC(=O)NCCO3)ccc1C. The third kappa shape index (κ3) is 4.36. The van der Waals surface area contributed by atoms with Gasteiger partial charge in [0.05, 0.1) is 25.7 Å². The Hall–Kier alpha value is -2.08. The Kier molecular flexibility index (Phi) is 5.81. The van der Waals surface area contributed by atoms with Gasteiger partial charge in [-0.15, -0.1) is 0 Å². The molecule has 2 aliphatic rings. The number of methoxy groups -OCH3 is 1. The van der Waals surface area contributed by atoms with E-state index >= 15 is 0 Å². The van der Waals surface area contributed by atoms with Gasteiger partial charge >= 0.3 is 0 Å². The van der Waals surface area contributed by atoms with Gasteiger partial charge in [0.1, 0.15) is 5.75 Å². The van der Waals surface area contributed by atoms with E-state index in [9.17, 15) is 9.59 Å². The Morgan fingerprint density at radius 3 is 2.85 bits per heavy atom. The molecule has 6 nitrogen and oxygen atoms in total. The van der Waals surface area contributed by atoms with Crippen molar-refractivity contribution in [3.8, 4) is 5.75 Å². The molecule has 1 spiro atoms. The van der Waals surface area contributed by atoms with E-state index in [-0.39, 0.29) is 17.4 Å². The van der Waals surface area contributed by atoms with Crippen molar-refractivity contribution in [2.75, 3.05) is 33.4 Å². The van der Waals surface area contributed by atoms with Crippen molar-refractivity contribution < 1.29 is 19.1 Å². The highest BCUT2D eigenvalue weighted by Gasteiger charge is 2.39. The van der Waals surface area contributed by atoms with Crippen molar-refractivity contribution in [2.45, 2.75) is 44.6 Å². The molecule has 2 amide bonds. The van der Waals surface area contributed by atoms with Gasteiger partial charge in [0.2, 0.25) is 11.8 Å². The lowest BCUT2D eigenvalue weighted by Gasteiger charge is -2.40. The molecule has 1 N–H and O–H groups in total. The van der Waals surface area contributed by atoms with Crippen molar-refractivity contribution in [1.82, 2.24) is 10.2 Å². The summed E-state index contributed by atoms with van der Waals surface area (Å²) < 4.78 is 11.3. The van der Waals surface area contributed by atoms with Crippen LogP contribution < -0.4 is 10.1 Å². The molecule has 26 heavy (non-hydrogen) atoms. The van der Waals surface area contributed by atoms with Crippen molar-refractivity contribution in [1.29, 1.82) is 0 Å². The van der Waals surface area contributed by atoms with Crippen LogP contribution in [-0.4, -0.2) is 55.7 Å².